The molecule has 2 heterocycles. The second-order valence-electron chi connectivity index (χ2n) is 22.6. The maximum atomic E-state index is 13.7. The minimum absolute atomic E-state index is 0.0223. The number of ether oxygens (including phenoxy) is 2. The Bertz CT molecular complexity index is 2010. The highest BCUT2D eigenvalue weighted by Crippen LogP contribution is 2.76. The van der Waals surface area contributed by atoms with Gasteiger partial charge in [-0.1, -0.05) is 64.1 Å². The third kappa shape index (κ3) is 7.42. The van der Waals surface area contributed by atoms with E-state index in [0.717, 1.165) is 25.9 Å². The van der Waals surface area contributed by atoms with Crippen LogP contribution in [0.4, 0.5) is 0 Å². The Morgan fingerprint density at radius 1 is 0.951 bits per heavy atom. The van der Waals surface area contributed by atoms with Gasteiger partial charge in [-0.15, -0.1) is 5.10 Å². The van der Waals surface area contributed by atoms with E-state index in [4.69, 9.17) is 9.47 Å². The largest absolute Gasteiger partial charge is 0.475 e. The number of esters is 1. The molecule has 1 saturated heterocycles. The molecule has 1 aliphatic heterocycles. The van der Waals surface area contributed by atoms with Crippen LogP contribution in [0, 0.1) is 56.7 Å². The van der Waals surface area contributed by atoms with Gasteiger partial charge in [-0.2, -0.15) is 0 Å². The fraction of sp³-hybridized carbons (Fsp3) is 0.820. The molecule has 1 N–H and O–H groups in total. The summed E-state index contributed by atoms with van der Waals surface area (Å²) >= 11 is 0. The van der Waals surface area contributed by atoms with Crippen LogP contribution in [-0.4, -0.2) is 90.7 Å². The van der Waals surface area contributed by atoms with E-state index in [2.05, 4.69) is 80.8 Å². The summed E-state index contributed by atoms with van der Waals surface area (Å²) in [5, 5.41) is 12.5. The SMILES string of the molecule is C=C(C)[C@@H]1CC[C@]2(NCCN3CCS(=O)(=O)CC3)CC[C@]3(C)[C@H](CCC4[C@@]5(C)CC=C(C6=CCC(COc7cnnn7C(C)C)(C(=O)OCC)CC6)C(C)(C)C5CC[C@]43C)C12. The smallest absolute Gasteiger partial charge is 0.315 e. The molecule has 10 nitrogen and oxygen atoms in total. The molecule has 10 atom stereocenters. The number of nitrogens with zero attached hydrogens (tertiary/aromatic N) is 4. The highest BCUT2D eigenvalue weighted by atomic mass is 32.2. The van der Waals surface area contributed by atoms with E-state index >= 15 is 0 Å². The van der Waals surface area contributed by atoms with E-state index in [0.29, 0.717) is 79.5 Å². The van der Waals surface area contributed by atoms with E-state index in [9.17, 15) is 13.2 Å². The monoisotopic (exact) mass is 862 g/mol. The van der Waals surface area contributed by atoms with Crippen molar-refractivity contribution in [3.63, 3.8) is 0 Å². The highest BCUT2D eigenvalue weighted by molar-refractivity contribution is 7.91. The molecule has 0 bridgehead atoms. The van der Waals surface area contributed by atoms with Crippen LogP contribution in [0.3, 0.4) is 0 Å². The predicted molar refractivity (Wildman–Crippen MR) is 243 cm³/mol. The van der Waals surface area contributed by atoms with Gasteiger partial charge < -0.3 is 19.7 Å². The number of nitrogens with one attached hydrogen (secondary N) is 1. The molecule has 4 unspecified atom stereocenters. The first kappa shape index (κ1) is 45.1. The van der Waals surface area contributed by atoms with E-state index < -0.39 is 15.3 Å². The number of sulfone groups is 1. The Labute approximate surface area is 368 Å². The maximum Gasteiger partial charge on any atom is 0.315 e. The van der Waals surface area contributed by atoms with Crippen LogP contribution in [0.25, 0.3) is 0 Å². The van der Waals surface area contributed by atoms with Gasteiger partial charge in [0.1, 0.15) is 18.2 Å². The Kier molecular flexibility index (Phi) is 12.0. The molecular weight excluding hydrogens is 783 g/mol. The molecule has 4 saturated carbocycles. The quantitative estimate of drug-likeness (QED) is 0.162. The molecule has 8 rings (SSSR count). The first-order chi connectivity index (χ1) is 28.8. The molecule has 0 amide bonds. The molecule has 1 aromatic rings. The van der Waals surface area contributed by atoms with Crippen molar-refractivity contribution in [2.45, 2.75) is 151 Å². The number of rotatable bonds is 12. The molecule has 6 aliphatic carbocycles. The topological polar surface area (TPSA) is 116 Å². The van der Waals surface area contributed by atoms with Crippen LogP contribution in [-0.2, 0) is 19.4 Å². The average molecular weight is 862 g/mol. The van der Waals surface area contributed by atoms with E-state index in [1.165, 1.54) is 68.1 Å². The highest BCUT2D eigenvalue weighted by Gasteiger charge is 2.70. The zero-order valence-electron chi connectivity index (χ0n) is 39.3. The first-order valence-electron chi connectivity index (χ1n) is 24.2. The van der Waals surface area contributed by atoms with Crippen molar-refractivity contribution in [2.24, 2.45) is 56.7 Å². The lowest BCUT2D eigenvalue weighted by atomic mass is 9.33. The molecule has 1 aromatic heterocycles. The molecule has 340 valence electrons. The second kappa shape index (κ2) is 16.2. The van der Waals surface area contributed by atoms with Crippen LogP contribution >= 0.6 is 0 Å². The number of fused-ring (bicyclic) bond motifs is 7. The van der Waals surface area contributed by atoms with Crippen molar-refractivity contribution in [1.29, 1.82) is 0 Å². The zero-order valence-corrected chi connectivity index (χ0v) is 40.1. The number of hydrogen-bond donors (Lipinski definition) is 1. The van der Waals surface area contributed by atoms with Crippen molar-refractivity contribution < 1.29 is 22.7 Å². The summed E-state index contributed by atoms with van der Waals surface area (Å²) in [5.74, 6) is 4.09. The average Bonchev–Trinajstić information content (AvgIpc) is 3.84. The molecule has 11 heteroatoms. The van der Waals surface area contributed by atoms with Crippen LogP contribution < -0.4 is 10.1 Å². The second-order valence-corrected chi connectivity index (χ2v) is 24.9. The predicted octanol–water partition coefficient (Wildman–Crippen LogP) is 9.16. The lowest BCUT2D eigenvalue weighted by Crippen LogP contribution is -2.68. The summed E-state index contributed by atoms with van der Waals surface area (Å²) < 4.78 is 38.0. The number of hydrogen-bond acceptors (Lipinski definition) is 9. The number of carbonyl (C=O) groups is 1. The van der Waals surface area contributed by atoms with Gasteiger partial charge in [-0.05, 0) is 167 Å². The van der Waals surface area contributed by atoms with Gasteiger partial charge in [-0.25, -0.2) is 13.1 Å². The fourth-order valence-corrected chi connectivity index (χ4v) is 17.0. The van der Waals surface area contributed by atoms with Crippen molar-refractivity contribution >= 4 is 15.8 Å². The molecule has 0 aromatic carbocycles. The minimum atomic E-state index is -2.87. The number of carbonyl (C=O) groups excluding carboxylic acids is 1. The van der Waals surface area contributed by atoms with E-state index in [-0.39, 0.29) is 45.8 Å². The van der Waals surface area contributed by atoms with Gasteiger partial charge in [0.15, 0.2) is 9.84 Å². The van der Waals surface area contributed by atoms with E-state index in [1.807, 2.05) is 20.8 Å². The van der Waals surface area contributed by atoms with Gasteiger partial charge in [0.2, 0.25) is 5.88 Å². The Balaban J connectivity index is 1.01. The lowest BCUT2D eigenvalue weighted by molar-refractivity contribution is -0.221. The summed E-state index contributed by atoms with van der Waals surface area (Å²) in [6, 6.07) is 0.106. The first-order valence-corrected chi connectivity index (χ1v) is 26.0. The Morgan fingerprint density at radius 3 is 2.38 bits per heavy atom. The third-order valence-electron chi connectivity index (χ3n) is 19.2. The summed E-state index contributed by atoms with van der Waals surface area (Å²) in [7, 11) is -2.87. The fourth-order valence-electron chi connectivity index (χ4n) is 15.7. The normalized spacial score (nSPS) is 40.5. The van der Waals surface area contributed by atoms with Crippen molar-refractivity contribution in [2.75, 3.05) is 50.9 Å². The lowest BCUT2D eigenvalue weighted by Gasteiger charge is -2.72. The summed E-state index contributed by atoms with van der Waals surface area (Å²) in [6.45, 7) is 29.9. The summed E-state index contributed by atoms with van der Waals surface area (Å²) in [5.41, 5.74) is 4.46. The van der Waals surface area contributed by atoms with Crippen molar-refractivity contribution in [1.82, 2.24) is 25.2 Å². The van der Waals surface area contributed by atoms with Crippen LogP contribution in [0.2, 0.25) is 0 Å². The third-order valence-corrected chi connectivity index (χ3v) is 20.8. The van der Waals surface area contributed by atoms with Gasteiger partial charge in [-0.3, -0.25) is 4.79 Å². The molecule has 0 radical (unpaired) electrons. The summed E-state index contributed by atoms with van der Waals surface area (Å²) in [4.78, 5) is 16.0. The van der Waals surface area contributed by atoms with Crippen LogP contribution in [0.15, 0.2) is 41.6 Å². The molecule has 5 fully saturated rings. The minimum Gasteiger partial charge on any atom is -0.475 e. The maximum absolute atomic E-state index is 13.7. The van der Waals surface area contributed by atoms with Gasteiger partial charge >= 0.3 is 5.97 Å². The zero-order chi connectivity index (χ0) is 43.8. The number of allylic oxidation sites excluding steroid dienone is 5. The molecular formula is C50H79N5O5S. The molecule has 7 aliphatic rings. The summed E-state index contributed by atoms with van der Waals surface area (Å²) in [6.07, 6.45) is 20.0. The Hall–Kier alpha value is -2.50. The van der Waals surface area contributed by atoms with Crippen molar-refractivity contribution in [3.8, 4) is 5.88 Å². The molecule has 0 spiro atoms. The van der Waals surface area contributed by atoms with E-state index in [1.54, 1.807) is 10.9 Å². The van der Waals surface area contributed by atoms with Gasteiger partial charge in [0.05, 0.1) is 24.2 Å². The van der Waals surface area contributed by atoms with Gasteiger partial charge in [0.25, 0.3) is 0 Å². The van der Waals surface area contributed by atoms with Crippen molar-refractivity contribution in [3.05, 3.63) is 41.6 Å². The standard InChI is InChI=1S/C50H79N5O5S/c1-11-59-44(56)49(33-60-42-32-52-53-55(42)35(4)5)21-14-36(15-22-49)38-17-19-46(8)40(45(38,6)7)18-20-48(10)41(46)13-12-39-43-37(34(2)3)16-23-50(43,25-24-47(39,48)9)51-26-27-54-28-30-61(57,58)31-29-54/h14,17,32,35,37,39-41,43,51H,2,11-13,15-16,18-31,33H2,1,3-10H3/t37-,39+,40?,41?,43?,46-,47+,48+,49?,50-/m0/s1. The van der Waals surface area contributed by atoms with Crippen LogP contribution in [0.1, 0.15) is 145 Å². The number of aromatic nitrogens is 3. The van der Waals surface area contributed by atoms with Crippen LogP contribution in [0.5, 0.6) is 5.88 Å². The molecule has 61 heavy (non-hydrogen) atoms. The Morgan fingerprint density at radius 2 is 1.70 bits per heavy atom. The van der Waals surface area contributed by atoms with Gasteiger partial charge in [0, 0.05) is 31.7 Å².